The van der Waals surface area contributed by atoms with Gasteiger partial charge >= 0.3 is 6.09 Å². The van der Waals surface area contributed by atoms with Crippen LogP contribution in [0.15, 0.2) is 0 Å². The summed E-state index contributed by atoms with van der Waals surface area (Å²) in [5.74, 6) is 0.486. The van der Waals surface area contributed by atoms with Gasteiger partial charge in [0.25, 0.3) is 0 Å². The number of unbranched alkanes of at least 4 members (excludes halogenated alkanes) is 1. The van der Waals surface area contributed by atoms with Crippen molar-refractivity contribution in [3.63, 3.8) is 0 Å². The molecule has 100 valence electrons. The van der Waals surface area contributed by atoms with Gasteiger partial charge in [-0.15, -0.1) is 0 Å². The fourth-order valence-corrected chi connectivity index (χ4v) is 1.92. The molecule has 4 nitrogen and oxygen atoms in total. The summed E-state index contributed by atoms with van der Waals surface area (Å²) < 4.78 is 10.7. The minimum Gasteiger partial charge on any atom is -0.449 e. The van der Waals surface area contributed by atoms with Crippen LogP contribution in [0.4, 0.5) is 4.79 Å². The zero-order chi connectivity index (χ0) is 12.5. The van der Waals surface area contributed by atoms with E-state index in [0.29, 0.717) is 12.5 Å². The molecule has 0 spiro atoms. The highest BCUT2D eigenvalue weighted by Crippen LogP contribution is 2.17. The van der Waals surface area contributed by atoms with E-state index in [1.165, 1.54) is 0 Å². The molecule has 4 heteroatoms. The molecule has 1 saturated heterocycles. The molecule has 0 aromatic carbocycles. The lowest BCUT2D eigenvalue weighted by Crippen LogP contribution is -2.30. The summed E-state index contributed by atoms with van der Waals surface area (Å²) in [7, 11) is 0. The molecular weight excluding hydrogens is 218 g/mol. The fourth-order valence-electron chi connectivity index (χ4n) is 1.92. The summed E-state index contributed by atoms with van der Waals surface area (Å²) >= 11 is 0. The number of likely N-dealkylation sites (tertiary alicyclic amines) is 1. The zero-order valence-electron chi connectivity index (χ0n) is 11.1. The van der Waals surface area contributed by atoms with Gasteiger partial charge in [0.1, 0.15) is 0 Å². The molecule has 0 N–H and O–H groups in total. The third-order valence-electron chi connectivity index (χ3n) is 2.97. The number of carbonyl (C=O) groups is 1. The van der Waals surface area contributed by atoms with Crippen molar-refractivity contribution in [2.45, 2.75) is 39.5 Å². The van der Waals surface area contributed by atoms with Crippen LogP contribution in [0.3, 0.4) is 0 Å². The molecule has 1 aliphatic rings. The maximum atomic E-state index is 11.7. The van der Waals surface area contributed by atoms with Crippen LogP contribution in [0.5, 0.6) is 0 Å². The van der Waals surface area contributed by atoms with E-state index in [1.54, 1.807) is 4.90 Å². The van der Waals surface area contributed by atoms with Gasteiger partial charge in [-0.2, -0.15) is 0 Å². The van der Waals surface area contributed by atoms with Gasteiger partial charge in [0.15, 0.2) is 0 Å². The lowest BCUT2D eigenvalue weighted by molar-refractivity contribution is 0.0916. The average Bonchev–Trinajstić information content (AvgIpc) is 2.78. The Bertz CT molecular complexity index is 221. The molecule has 1 rings (SSSR count). The van der Waals surface area contributed by atoms with E-state index in [2.05, 4.69) is 13.8 Å². The third-order valence-corrected chi connectivity index (χ3v) is 2.97. The molecular formula is C13H25NO3. The number of ether oxygens (including phenoxy) is 2. The summed E-state index contributed by atoms with van der Waals surface area (Å²) in [4.78, 5) is 13.5. The normalized spacial score (nSPS) is 19.6. The zero-order valence-corrected chi connectivity index (χ0v) is 11.1. The van der Waals surface area contributed by atoms with Crippen LogP contribution in [0.2, 0.25) is 0 Å². The summed E-state index contributed by atoms with van der Waals surface area (Å²) in [6, 6.07) is 0. The molecule has 0 aromatic rings. The predicted octanol–water partition coefficient (Wildman–Crippen LogP) is 2.67. The molecule has 0 radical (unpaired) electrons. The monoisotopic (exact) mass is 243 g/mol. The Labute approximate surface area is 104 Å². The minimum absolute atomic E-state index is 0.156. The van der Waals surface area contributed by atoms with Gasteiger partial charge in [-0.3, -0.25) is 0 Å². The number of hydrogen-bond acceptors (Lipinski definition) is 3. The number of nitrogens with zero attached hydrogens (tertiary/aromatic N) is 1. The Morgan fingerprint density at radius 2 is 2.12 bits per heavy atom. The van der Waals surface area contributed by atoms with Crippen LogP contribution >= 0.6 is 0 Å². The first-order valence-corrected chi connectivity index (χ1v) is 6.77. The molecule has 1 fully saturated rings. The summed E-state index contributed by atoms with van der Waals surface area (Å²) in [6.07, 6.45) is 3.93. The summed E-state index contributed by atoms with van der Waals surface area (Å²) in [5, 5.41) is 0. The number of amides is 1. The van der Waals surface area contributed by atoms with Crippen molar-refractivity contribution in [1.82, 2.24) is 4.90 Å². The van der Waals surface area contributed by atoms with Gasteiger partial charge in [-0.05, 0) is 19.3 Å². The van der Waals surface area contributed by atoms with Crippen LogP contribution in [-0.2, 0) is 9.47 Å². The second-order valence-electron chi connectivity index (χ2n) is 4.64. The van der Waals surface area contributed by atoms with Gasteiger partial charge in [0, 0.05) is 25.6 Å². The molecule has 1 atom stereocenters. The van der Waals surface area contributed by atoms with E-state index in [-0.39, 0.29) is 6.09 Å². The Kier molecular flexibility index (Phi) is 7.01. The second-order valence-corrected chi connectivity index (χ2v) is 4.64. The Hall–Kier alpha value is -0.770. The Balaban J connectivity index is 2.13. The maximum absolute atomic E-state index is 11.7. The van der Waals surface area contributed by atoms with Crippen molar-refractivity contribution in [3.8, 4) is 0 Å². The molecule has 0 aliphatic carbocycles. The molecule has 1 heterocycles. The van der Waals surface area contributed by atoms with Crippen molar-refractivity contribution in [2.75, 3.05) is 32.9 Å². The number of carbonyl (C=O) groups excluding carboxylic acids is 1. The largest absolute Gasteiger partial charge is 0.449 e. The Morgan fingerprint density at radius 3 is 2.82 bits per heavy atom. The lowest BCUT2D eigenvalue weighted by atomic mass is 10.1. The average molecular weight is 243 g/mol. The van der Waals surface area contributed by atoms with Crippen molar-refractivity contribution in [1.29, 1.82) is 0 Å². The lowest BCUT2D eigenvalue weighted by Gasteiger charge is -2.16. The quantitative estimate of drug-likeness (QED) is 0.645. The van der Waals surface area contributed by atoms with Crippen molar-refractivity contribution in [2.24, 2.45) is 5.92 Å². The van der Waals surface area contributed by atoms with E-state index < -0.39 is 0 Å². The molecule has 0 bridgehead atoms. The third kappa shape index (κ3) is 5.39. The predicted molar refractivity (Wildman–Crippen MR) is 67.0 cm³/mol. The molecule has 1 amide bonds. The van der Waals surface area contributed by atoms with Gasteiger partial charge < -0.3 is 14.4 Å². The van der Waals surface area contributed by atoms with Gasteiger partial charge in [0.05, 0.1) is 13.2 Å². The topological polar surface area (TPSA) is 38.8 Å². The van der Waals surface area contributed by atoms with Gasteiger partial charge in [-0.25, -0.2) is 4.79 Å². The number of hydrogen-bond donors (Lipinski definition) is 0. The van der Waals surface area contributed by atoms with Crippen LogP contribution < -0.4 is 0 Å². The minimum atomic E-state index is -0.156. The Morgan fingerprint density at radius 1 is 1.29 bits per heavy atom. The first-order chi connectivity index (χ1) is 8.27. The fraction of sp³-hybridized carbons (Fsp3) is 0.923. The molecule has 1 unspecified atom stereocenters. The van der Waals surface area contributed by atoms with Crippen LogP contribution in [-0.4, -0.2) is 43.9 Å². The van der Waals surface area contributed by atoms with Crippen LogP contribution in [0.25, 0.3) is 0 Å². The molecule has 1 aliphatic heterocycles. The summed E-state index contributed by atoms with van der Waals surface area (Å²) in [6.45, 7) is 7.92. The van der Waals surface area contributed by atoms with Crippen molar-refractivity contribution in [3.05, 3.63) is 0 Å². The smallest absolute Gasteiger partial charge is 0.409 e. The standard InChI is InChI=1S/C13H25NO3/c1-3-5-9-17-13(15)14-7-6-12(10-14)11-16-8-4-2/h12H,3-11H2,1-2H3. The van der Waals surface area contributed by atoms with Crippen LogP contribution in [0, 0.1) is 5.92 Å². The SMILES string of the molecule is CCCCOC(=O)N1CCC(COCCC)C1. The van der Waals surface area contributed by atoms with E-state index in [1.807, 2.05) is 0 Å². The summed E-state index contributed by atoms with van der Waals surface area (Å²) in [5.41, 5.74) is 0. The van der Waals surface area contributed by atoms with E-state index in [0.717, 1.165) is 52.0 Å². The highest BCUT2D eigenvalue weighted by atomic mass is 16.6. The van der Waals surface area contributed by atoms with Crippen molar-refractivity contribution < 1.29 is 14.3 Å². The molecule has 17 heavy (non-hydrogen) atoms. The number of rotatable bonds is 7. The molecule has 0 saturated carbocycles. The van der Waals surface area contributed by atoms with Gasteiger partial charge in [-0.1, -0.05) is 20.3 Å². The highest BCUT2D eigenvalue weighted by Gasteiger charge is 2.27. The highest BCUT2D eigenvalue weighted by molar-refractivity contribution is 5.67. The van der Waals surface area contributed by atoms with E-state index >= 15 is 0 Å². The molecule has 0 aromatic heterocycles. The second kappa shape index (κ2) is 8.34. The van der Waals surface area contributed by atoms with E-state index in [4.69, 9.17) is 9.47 Å². The first kappa shape index (κ1) is 14.3. The first-order valence-electron chi connectivity index (χ1n) is 6.77. The van der Waals surface area contributed by atoms with Crippen molar-refractivity contribution >= 4 is 6.09 Å². The van der Waals surface area contributed by atoms with Gasteiger partial charge in [0.2, 0.25) is 0 Å². The maximum Gasteiger partial charge on any atom is 0.409 e. The van der Waals surface area contributed by atoms with Crippen LogP contribution in [0.1, 0.15) is 39.5 Å². The van der Waals surface area contributed by atoms with E-state index in [9.17, 15) is 4.79 Å².